The van der Waals surface area contributed by atoms with Gasteiger partial charge in [-0.15, -0.1) is 11.8 Å². The van der Waals surface area contributed by atoms with Crippen molar-refractivity contribution in [1.29, 1.82) is 0 Å². The van der Waals surface area contributed by atoms with Crippen LogP contribution in [0.3, 0.4) is 0 Å². The smallest absolute Gasteiger partial charge is 0.261 e. The standard InChI is InChI=1S/C23H24N2O3S2/c1-17-8-6-7-11-22(17)25-30(27,28)21-14-12-20(13-15-21)24-23(26)18(2)29-16-19-9-4-3-5-10-19/h3-15,18,25H,16H2,1-2H3,(H,24,26). The molecule has 1 amide bonds. The lowest BCUT2D eigenvalue weighted by atomic mass is 10.2. The van der Waals surface area contributed by atoms with Crippen LogP contribution in [0.15, 0.2) is 83.8 Å². The lowest BCUT2D eigenvalue weighted by Gasteiger charge is -2.13. The molecular weight excluding hydrogens is 416 g/mol. The molecule has 0 bridgehead atoms. The zero-order valence-corrected chi connectivity index (χ0v) is 18.5. The third-order valence-corrected chi connectivity index (χ3v) is 7.13. The highest BCUT2D eigenvalue weighted by Crippen LogP contribution is 2.22. The van der Waals surface area contributed by atoms with Crippen LogP contribution >= 0.6 is 11.8 Å². The first-order valence-electron chi connectivity index (χ1n) is 9.50. The van der Waals surface area contributed by atoms with Crippen molar-refractivity contribution in [3.8, 4) is 0 Å². The molecule has 156 valence electrons. The summed E-state index contributed by atoms with van der Waals surface area (Å²) in [5.41, 5.74) is 3.10. The summed E-state index contributed by atoms with van der Waals surface area (Å²) in [5, 5.41) is 2.60. The monoisotopic (exact) mass is 440 g/mol. The van der Waals surface area contributed by atoms with Crippen LogP contribution in [0.2, 0.25) is 0 Å². The molecule has 3 aromatic rings. The van der Waals surface area contributed by atoms with Crippen molar-refractivity contribution in [2.75, 3.05) is 10.0 Å². The molecule has 3 rings (SSSR count). The number of aryl methyl sites for hydroxylation is 1. The molecule has 0 aromatic heterocycles. The Labute approximate surface area is 182 Å². The molecule has 0 radical (unpaired) electrons. The van der Waals surface area contributed by atoms with Crippen molar-refractivity contribution < 1.29 is 13.2 Å². The van der Waals surface area contributed by atoms with Crippen LogP contribution in [-0.4, -0.2) is 19.6 Å². The molecule has 0 aliphatic rings. The molecule has 30 heavy (non-hydrogen) atoms. The average molecular weight is 441 g/mol. The number of benzene rings is 3. The number of anilines is 2. The van der Waals surface area contributed by atoms with Crippen LogP contribution in [0.5, 0.6) is 0 Å². The summed E-state index contributed by atoms with van der Waals surface area (Å²) < 4.78 is 27.8. The van der Waals surface area contributed by atoms with E-state index in [9.17, 15) is 13.2 Å². The van der Waals surface area contributed by atoms with Gasteiger partial charge in [-0.3, -0.25) is 9.52 Å². The Morgan fingerprint density at radius 3 is 2.23 bits per heavy atom. The Balaban J connectivity index is 1.59. The predicted octanol–water partition coefficient (Wildman–Crippen LogP) is 5.06. The molecule has 5 nitrogen and oxygen atoms in total. The van der Waals surface area contributed by atoms with Crippen molar-refractivity contribution in [3.63, 3.8) is 0 Å². The van der Waals surface area contributed by atoms with Gasteiger partial charge in [0.25, 0.3) is 10.0 Å². The summed E-state index contributed by atoms with van der Waals surface area (Å²) in [4.78, 5) is 12.6. The van der Waals surface area contributed by atoms with E-state index in [0.29, 0.717) is 11.4 Å². The first-order valence-corrected chi connectivity index (χ1v) is 12.0. The predicted molar refractivity (Wildman–Crippen MR) is 124 cm³/mol. The SMILES string of the molecule is Cc1ccccc1NS(=O)(=O)c1ccc(NC(=O)C(C)SCc2ccccc2)cc1. The number of hydrogen-bond donors (Lipinski definition) is 2. The van der Waals surface area contributed by atoms with Crippen LogP contribution in [0.25, 0.3) is 0 Å². The van der Waals surface area contributed by atoms with E-state index < -0.39 is 10.0 Å². The molecule has 0 aliphatic carbocycles. The van der Waals surface area contributed by atoms with Gasteiger partial charge in [0.05, 0.1) is 15.8 Å². The number of hydrogen-bond acceptors (Lipinski definition) is 4. The van der Waals surface area contributed by atoms with Gasteiger partial charge in [-0.25, -0.2) is 8.42 Å². The van der Waals surface area contributed by atoms with Crippen molar-refractivity contribution in [1.82, 2.24) is 0 Å². The summed E-state index contributed by atoms with van der Waals surface area (Å²) in [6, 6.07) is 23.3. The summed E-state index contributed by atoms with van der Waals surface area (Å²) in [5.74, 6) is 0.626. The van der Waals surface area contributed by atoms with Gasteiger partial charge in [-0.2, -0.15) is 0 Å². The van der Waals surface area contributed by atoms with Crippen molar-refractivity contribution >= 4 is 39.1 Å². The van der Waals surface area contributed by atoms with E-state index in [2.05, 4.69) is 10.0 Å². The Kier molecular flexibility index (Phi) is 7.18. The maximum atomic E-state index is 12.6. The minimum absolute atomic E-state index is 0.121. The highest BCUT2D eigenvalue weighted by molar-refractivity contribution is 7.99. The third kappa shape index (κ3) is 5.87. The minimum Gasteiger partial charge on any atom is -0.325 e. The van der Waals surface area contributed by atoms with Gasteiger partial charge in [-0.1, -0.05) is 48.5 Å². The van der Waals surface area contributed by atoms with Crippen LogP contribution in [0.4, 0.5) is 11.4 Å². The molecule has 7 heteroatoms. The zero-order chi connectivity index (χ0) is 21.6. The van der Waals surface area contributed by atoms with E-state index in [4.69, 9.17) is 0 Å². The van der Waals surface area contributed by atoms with E-state index in [1.807, 2.05) is 56.3 Å². The second-order valence-corrected chi connectivity index (χ2v) is 9.88. The third-order valence-electron chi connectivity index (χ3n) is 4.53. The van der Waals surface area contributed by atoms with Crippen LogP contribution in [0.1, 0.15) is 18.1 Å². The topological polar surface area (TPSA) is 75.3 Å². The second kappa shape index (κ2) is 9.82. The Morgan fingerprint density at radius 1 is 0.933 bits per heavy atom. The van der Waals surface area contributed by atoms with Gasteiger partial charge in [0, 0.05) is 11.4 Å². The van der Waals surface area contributed by atoms with Crippen molar-refractivity contribution in [3.05, 3.63) is 90.0 Å². The summed E-state index contributed by atoms with van der Waals surface area (Å²) in [6.45, 7) is 3.70. The molecule has 3 aromatic carbocycles. The van der Waals surface area contributed by atoms with Crippen LogP contribution < -0.4 is 10.0 Å². The largest absolute Gasteiger partial charge is 0.325 e. The molecule has 0 saturated carbocycles. The number of carbonyl (C=O) groups is 1. The fourth-order valence-corrected chi connectivity index (χ4v) is 4.70. The summed E-state index contributed by atoms with van der Waals surface area (Å²) in [7, 11) is -3.70. The second-order valence-electron chi connectivity index (χ2n) is 6.87. The number of thioether (sulfide) groups is 1. The summed E-state index contributed by atoms with van der Waals surface area (Å²) >= 11 is 1.55. The normalized spacial score (nSPS) is 12.2. The van der Waals surface area contributed by atoms with Crippen LogP contribution in [0, 0.1) is 6.92 Å². The molecule has 0 heterocycles. The van der Waals surface area contributed by atoms with Gasteiger partial charge in [0.2, 0.25) is 5.91 Å². The van der Waals surface area contributed by atoms with E-state index >= 15 is 0 Å². The highest BCUT2D eigenvalue weighted by atomic mass is 32.2. The first kappa shape index (κ1) is 21.9. The van der Waals surface area contributed by atoms with Gasteiger partial charge < -0.3 is 5.32 Å². The fraction of sp³-hybridized carbons (Fsp3) is 0.174. The van der Waals surface area contributed by atoms with Gasteiger partial charge >= 0.3 is 0 Å². The maximum absolute atomic E-state index is 12.6. The molecule has 0 fully saturated rings. The lowest BCUT2D eigenvalue weighted by molar-refractivity contribution is -0.115. The van der Waals surface area contributed by atoms with E-state index in [0.717, 1.165) is 16.9 Å². The van der Waals surface area contributed by atoms with Crippen molar-refractivity contribution in [2.24, 2.45) is 0 Å². The number of sulfonamides is 1. The molecule has 2 N–H and O–H groups in total. The fourth-order valence-electron chi connectivity index (χ4n) is 2.72. The average Bonchev–Trinajstić information content (AvgIpc) is 2.74. The van der Waals surface area contributed by atoms with Gasteiger partial charge in [0.1, 0.15) is 0 Å². The van der Waals surface area contributed by atoms with E-state index in [-0.39, 0.29) is 16.1 Å². The zero-order valence-electron chi connectivity index (χ0n) is 16.8. The summed E-state index contributed by atoms with van der Waals surface area (Å²) in [6.07, 6.45) is 0. The number of para-hydroxylation sites is 1. The number of carbonyl (C=O) groups excluding carboxylic acids is 1. The number of nitrogens with one attached hydrogen (secondary N) is 2. The van der Waals surface area contributed by atoms with Crippen molar-refractivity contribution in [2.45, 2.75) is 29.7 Å². The van der Waals surface area contributed by atoms with Crippen LogP contribution in [-0.2, 0) is 20.6 Å². The molecular formula is C23H24N2O3S2. The molecule has 0 saturated heterocycles. The Hall–Kier alpha value is -2.77. The molecule has 0 aliphatic heterocycles. The Morgan fingerprint density at radius 2 is 1.57 bits per heavy atom. The highest BCUT2D eigenvalue weighted by Gasteiger charge is 2.17. The molecule has 1 atom stereocenters. The molecule has 1 unspecified atom stereocenters. The first-order chi connectivity index (χ1) is 14.3. The maximum Gasteiger partial charge on any atom is 0.261 e. The number of amides is 1. The van der Waals surface area contributed by atoms with Gasteiger partial charge in [0.15, 0.2) is 0 Å². The van der Waals surface area contributed by atoms with E-state index in [1.54, 1.807) is 36.0 Å². The Bertz CT molecular complexity index is 1100. The minimum atomic E-state index is -3.70. The van der Waals surface area contributed by atoms with E-state index in [1.165, 1.54) is 12.1 Å². The van der Waals surface area contributed by atoms with Gasteiger partial charge in [-0.05, 0) is 55.3 Å². The lowest BCUT2D eigenvalue weighted by Crippen LogP contribution is -2.22. The quantitative estimate of drug-likeness (QED) is 0.514. The number of rotatable bonds is 8. The molecule has 0 spiro atoms.